The fourth-order valence-electron chi connectivity index (χ4n) is 1.49. The highest BCUT2D eigenvalue weighted by molar-refractivity contribution is 5.57. The lowest BCUT2D eigenvalue weighted by Crippen LogP contribution is -2.43. The average Bonchev–Trinajstić information content (AvgIpc) is 2.02. The minimum absolute atomic E-state index is 0.121. The molecule has 1 fully saturated rings. The Kier molecular flexibility index (Phi) is 4.30. The van der Waals surface area contributed by atoms with E-state index in [-0.39, 0.29) is 6.04 Å². The van der Waals surface area contributed by atoms with Gasteiger partial charge in [-0.05, 0) is 19.3 Å². The molecular formula is C10H19NO. The summed E-state index contributed by atoms with van der Waals surface area (Å²) in [5.41, 5.74) is 0. The second kappa shape index (κ2) is 5.31. The van der Waals surface area contributed by atoms with Crippen molar-refractivity contribution in [1.29, 1.82) is 0 Å². The summed E-state index contributed by atoms with van der Waals surface area (Å²) in [5.74, 6) is 0. The van der Waals surface area contributed by atoms with Crippen molar-refractivity contribution in [2.24, 2.45) is 0 Å². The first-order valence-electron chi connectivity index (χ1n) is 5.08. The van der Waals surface area contributed by atoms with E-state index in [0.29, 0.717) is 6.04 Å². The van der Waals surface area contributed by atoms with Crippen molar-refractivity contribution < 1.29 is 4.79 Å². The molecule has 0 aromatic heterocycles. The Morgan fingerprint density at radius 2 is 2.33 bits per heavy atom. The zero-order chi connectivity index (χ0) is 8.81. The molecule has 1 N–H and O–H groups in total. The zero-order valence-electron chi connectivity index (χ0n) is 7.88. The molecule has 1 aliphatic carbocycles. The molecule has 2 heteroatoms. The molecule has 1 saturated carbocycles. The minimum Gasteiger partial charge on any atom is -0.305 e. The SMILES string of the molecule is CCCC[C@@H](C=O)NC1CCC1. The van der Waals surface area contributed by atoms with E-state index in [4.69, 9.17) is 0 Å². The van der Waals surface area contributed by atoms with Crippen molar-refractivity contribution >= 4 is 6.29 Å². The Bertz CT molecular complexity index is 132. The Labute approximate surface area is 74.7 Å². The Morgan fingerprint density at radius 3 is 2.75 bits per heavy atom. The molecule has 1 aliphatic rings. The van der Waals surface area contributed by atoms with Gasteiger partial charge in [-0.15, -0.1) is 0 Å². The molecular weight excluding hydrogens is 150 g/mol. The van der Waals surface area contributed by atoms with E-state index >= 15 is 0 Å². The van der Waals surface area contributed by atoms with Gasteiger partial charge >= 0.3 is 0 Å². The van der Waals surface area contributed by atoms with Crippen LogP contribution in [0.4, 0.5) is 0 Å². The molecule has 70 valence electrons. The molecule has 12 heavy (non-hydrogen) atoms. The van der Waals surface area contributed by atoms with Crippen LogP contribution in [0.15, 0.2) is 0 Å². The van der Waals surface area contributed by atoms with Gasteiger partial charge in [-0.2, -0.15) is 0 Å². The third-order valence-electron chi connectivity index (χ3n) is 2.59. The smallest absolute Gasteiger partial charge is 0.136 e. The summed E-state index contributed by atoms with van der Waals surface area (Å²) in [6.45, 7) is 2.16. The molecule has 0 amide bonds. The summed E-state index contributed by atoms with van der Waals surface area (Å²) >= 11 is 0. The van der Waals surface area contributed by atoms with Crippen LogP contribution in [-0.2, 0) is 4.79 Å². The molecule has 0 aromatic rings. The van der Waals surface area contributed by atoms with Crippen molar-refractivity contribution in [3.63, 3.8) is 0 Å². The van der Waals surface area contributed by atoms with Gasteiger partial charge in [-0.25, -0.2) is 0 Å². The molecule has 0 spiro atoms. The highest BCUT2D eigenvalue weighted by Crippen LogP contribution is 2.19. The first kappa shape index (κ1) is 9.72. The maximum Gasteiger partial charge on any atom is 0.136 e. The quantitative estimate of drug-likeness (QED) is 0.615. The van der Waals surface area contributed by atoms with E-state index in [9.17, 15) is 4.79 Å². The monoisotopic (exact) mass is 169 g/mol. The van der Waals surface area contributed by atoms with Gasteiger partial charge in [0.05, 0.1) is 6.04 Å². The van der Waals surface area contributed by atoms with Crippen molar-refractivity contribution in [1.82, 2.24) is 5.32 Å². The maximum atomic E-state index is 10.6. The summed E-state index contributed by atoms with van der Waals surface area (Å²) in [7, 11) is 0. The molecule has 0 aromatic carbocycles. The second-order valence-corrected chi connectivity index (χ2v) is 3.68. The second-order valence-electron chi connectivity index (χ2n) is 3.68. The number of hydrogen-bond acceptors (Lipinski definition) is 2. The summed E-state index contributed by atoms with van der Waals surface area (Å²) in [6, 6.07) is 0.757. The Hall–Kier alpha value is -0.370. The van der Waals surface area contributed by atoms with Gasteiger partial charge in [0.1, 0.15) is 6.29 Å². The van der Waals surface area contributed by atoms with Gasteiger partial charge < -0.3 is 10.1 Å². The van der Waals surface area contributed by atoms with E-state index < -0.39 is 0 Å². The summed E-state index contributed by atoms with van der Waals surface area (Å²) < 4.78 is 0. The average molecular weight is 169 g/mol. The molecule has 2 nitrogen and oxygen atoms in total. The van der Waals surface area contributed by atoms with E-state index in [2.05, 4.69) is 12.2 Å². The summed E-state index contributed by atoms with van der Waals surface area (Å²) in [4.78, 5) is 10.6. The maximum absolute atomic E-state index is 10.6. The van der Waals surface area contributed by atoms with Crippen LogP contribution in [0.25, 0.3) is 0 Å². The zero-order valence-corrected chi connectivity index (χ0v) is 7.88. The Morgan fingerprint density at radius 1 is 1.58 bits per heavy atom. The molecule has 0 unspecified atom stereocenters. The number of rotatable bonds is 6. The van der Waals surface area contributed by atoms with Gasteiger partial charge in [-0.1, -0.05) is 26.2 Å². The normalized spacial score (nSPS) is 20.1. The van der Waals surface area contributed by atoms with Crippen LogP contribution in [0.3, 0.4) is 0 Å². The minimum atomic E-state index is 0.121. The number of unbranched alkanes of at least 4 members (excludes halogenated alkanes) is 1. The number of nitrogens with one attached hydrogen (secondary N) is 1. The van der Waals surface area contributed by atoms with Crippen molar-refractivity contribution in [2.45, 2.75) is 57.5 Å². The number of aldehydes is 1. The van der Waals surface area contributed by atoms with Crippen molar-refractivity contribution in [2.75, 3.05) is 0 Å². The molecule has 1 atom stereocenters. The topological polar surface area (TPSA) is 29.1 Å². The van der Waals surface area contributed by atoms with Gasteiger partial charge in [0.15, 0.2) is 0 Å². The fourth-order valence-corrected chi connectivity index (χ4v) is 1.49. The van der Waals surface area contributed by atoms with Crippen LogP contribution in [-0.4, -0.2) is 18.4 Å². The van der Waals surface area contributed by atoms with Crippen LogP contribution in [0.5, 0.6) is 0 Å². The molecule has 0 bridgehead atoms. The highest BCUT2D eigenvalue weighted by atomic mass is 16.1. The predicted molar refractivity (Wildman–Crippen MR) is 50.2 cm³/mol. The first-order chi connectivity index (χ1) is 5.86. The summed E-state index contributed by atoms with van der Waals surface area (Å²) in [5, 5.41) is 3.37. The van der Waals surface area contributed by atoms with Gasteiger partial charge in [0.25, 0.3) is 0 Å². The van der Waals surface area contributed by atoms with Crippen molar-refractivity contribution in [3.05, 3.63) is 0 Å². The lowest BCUT2D eigenvalue weighted by Gasteiger charge is -2.29. The predicted octanol–water partition coefficient (Wildman–Crippen LogP) is 1.89. The number of carbonyl (C=O) groups excluding carboxylic acids is 1. The van der Waals surface area contributed by atoms with E-state index in [1.807, 2.05) is 0 Å². The van der Waals surface area contributed by atoms with Crippen LogP contribution in [0, 0.1) is 0 Å². The molecule has 1 rings (SSSR count). The molecule has 0 heterocycles. The Balaban J connectivity index is 2.10. The van der Waals surface area contributed by atoms with Crippen molar-refractivity contribution in [3.8, 4) is 0 Å². The fraction of sp³-hybridized carbons (Fsp3) is 0.900. The van der Waals surface area contributed by atoms with E-state index in [1.54, 1.807) is 0 Å². The lowest BCUT2D eigenvalue weighted by molar-refractivity contribution is -0.110. The molecule has 0 radical (unpaired) electrons. The molecule has 0 saturated heterocycles. The first-order valence-corrected chi connectivity index (χ1v) is 5.08. The van der Waals surface area contributed by atoms with Crippen LogP contribution in [0.1, 0.15) is 45.4 Å². The molecule has 0 aliphatic heterocycles. The van der Waals surface area contributed by atoms with Gasteiger partial charge in [0.2, 0.25) is 0 Å². The van der Waals surface area contributed by atoms with Gasteiger partial charge in [0, 0.05) is 6.04 Å². The summed E-state index contributed by atoms with van der Waals surface area (Å²) in [6.07, 6.45) is 8.26. The number of hydrogen-bond donors (Lipinski definition) is 1. The largest absolute Gasteiger partial charge is 0.305 e. The van der Waals surface area contributed by atoms with Crippen LogP contribution >= 0.6 is 0 Å². The third-order valence-corrected chi connectivity index (χ3v) is 2.59. The van der Waals surface area contributed by atoms with Gasteiger partial charge in [-0.3, -0.25) is 0 Å². The van der Waals surface area contributed by atoms with Crippen LogP contribution in [0.2, 0.25) is 0 Å². The van der Waals surface area contributed by atoms with E-state index in [1.165, 1.54) is 25.7 Å². The lowest BCUT2D eigenvalue weighted by atomic mass is 9.92. The standard InChI is InChI=1S/C10H19NO/c1-2-3-5-10(8-12)11-9-6-4-7-9/h8-11H,2-7H2,1H3/t10-/m0/s1. The van der Waals surface area contributed by atoms with E-state index in [0.717, 1.165) is 19.1 Å². The third kappa shape index (κ3) is 2.94. The highest BCUT2D eigenvalue weighted by Gasteiger charge is 2.19. The van der Waals surface area contributed by atoms with Crippen LogP contribution < -0.4 is 5.32 Å². The number of carbonyl (C=O) groups is 1.